The molecule has 5 heteroatoms. The van der Waals surface area contributed by atoms with Crippen molar-refractivity contribution in [3.05, 3.63) is 29.3 Å². The third-order valence-electron chi connectivity index (χ3n) is 3.53. The number of nitrogens with zero attached hydrogens (tertiary/aromatic N) is 1. The van der Waals surface area contributed by atoms with Gasteiger partial charge in [-0.15, -0.1) is 0 Å². The summed E-state index contributed by atoms with van der Waals surface area (Å²) in [6, 6.07) is 5.60. The minimum atomic E-state index is -0.0589. The molecule has 0 spiro atoms. The second kappa shape index (κ2) is 5.96. The van der Waals surface area contributed by atoms with Gasteiger partial charge in [0.15, 0.2) is 11.5 Å². The number of fused-ring (bicyclic) bond motifs is 1. The van der Waals surface area contributed by atoms with Crippen LogP contribution in [0, 0.1) is 0 Å². The zero-order valence-electron chi connectivity index (χ0n) is 12.1. The molecule has 0 bridgehead atoms. The second-order valence-electron chi connectivity index (χ2n) is 4.84. The number of ether oxygens (including phenoxy) is 2. The Morgan fingerprint density at radius 3 is 2.95 bits per heavy atom. The standard InChI is InChI=1S/C15H20N2O3/c1-10(8-16)17(2)15(18)12-7-11-5-4-6-13(19-3)14(11)20-9-12/h4-7,10H,8-9,16H2,1-3H3. The summed E-state index contributed by atoms with van der Waals surface area (Å²) in [6.45, 7) is 2.59. The van der Waals surface area contributed by atoms with Crippen molar-refractivity contribution in [2.75, 3.05) is 27.3 Å². The lowest BCUT2D eigenvalue weighted by molar-refractivity contribution is -0.127. The maximum atomic E-state index is 12.4. The van der Waals surface area contributed by atoms with E-state index in [0.29, 0.717) is 23.6 Å². The van der Waals surface area contributed by atoms with Gasteiger partial charge in [0.2, 0.25) is 0 Å². The third kappa shape index (κ3) is 2.63. The minimum Gasteiger partial charge on any atom is -0.493 e. The van der Waals surface area contributed by atoms with E-state index in [0.717, 1.165) is 5.56 Å². The molecule has 1 aromatic rings. The first kappa shape index (κ1) is 14.4. The van der Waals surface area contributed by atoms with Gasteiger partial charge in [-0.05, 0) is 19.1 Å². The van der Waals surface area contributed by atoms with E-state index in [4.69, 9.17) is 15.2 Å². The number of nitrogens with two attached hydrogens (primary N) is 1. The predicted octanol–water partition coefficient (Wildman–Crippen LogP) is 1.28. The van der Waals surface area contributed by atoms with Crippen molar-refractivity contribution in [2.24, 2.45) is 5.73 Å². The van der Waals surface area contributed by atoms with Crippen LogP contribution < -0.4 is 15.2 Å². The van der Waals surface area contributed by atoms with Gasteiger partial charge in [0.25, 0.3) is 5.91 Å². The molecule has 1 aliphatic rings. The van der Waals surface area contributed by atoms with E-state index < -0.39 is 0 Å². The molecule has 0 aliphatic carbocycles. The fourth-order valence-corrected chi connectivity index (χ4v) is 2.05. The van der Waals surface area contributed by atoms with E-state index in [1.165, 1.54) is 0 Å². The maximum absolute atomic E-state index is 12.4. The summed E-state index contributed by atoms with van der Waals surface area (Å²) in [5.41, 5.74) is 7.07. The number of rotatable bonds is 4. The van der Waals surface area contributed by atoms with E-state index in [1.807, 2.05) is 31.2 Å². The summed E-state index contributed by atoms with van der Waals surface area (Å²) in [5, 5.41) is 0. The quantitative estimate of drug-likeness (QED) is 0.899. The molecule has 0 saturated carbocycles. The number of hydrogen-bond donors (Lipinski definition) is 1. The summed E-state index contributed by atoms with van der Waals surface area (Å²) in [6.07, 6.45) is 1.85. The van der Waals surface area contributed by atoms with Crippen molar-refractivity contribution in [1.29, 1.82) is 0 Å². The highest BCUT2D eigenvalue weighted by Gasteiger charge is 2.23. The monoisotopic (exact) mass is 276 g/mol. The van der Waals surface area contributed by atoms with Crippen LogP contribution in [0.25, 0.3) is 6.08 Å². The van der Waals surface area contributed by atoms with E-state index >= 15 is 0 Å². The van der Waals surface area contributed by atoms with Gasteiger partial charge in [-0.25, -0.2) is 0 Å². The Morgan fingerprint density at radius 1 is 1.55 bits per heavy atom. The van der Waals surface area contributed by atoms with Gasteiger partial charge in [-0.3, -0.25) is 4.79 Å². The van der Waals surface area contributed by atoms with Gasteiger partial charge >= 0.3 is 0 Å². The fourth-order valence-electron chi connectivity index (χ4n) is 2.05. The van der Waals surface area contributed by atoms with Gasteiger partial charge in [-0.2, -0.15) is 0 Å². The summed E-state index contributed by atoms with van der Waals surface area (Å²) < 4.78 is 10.9. The third-order valence-corrected chi connectivity index (χ3v) is 3.53. The number of amides is 1. The molecule has 1 amide bonds. The van der Waals surface area contributed by atoms with Crippen LogP contribution in [0.4, 0.5) is 0 Å². The molecule has 1 aromatic carbocycles. The van der Waals surface area contributed by atoms with Crippen molar-refractivity contribution in [2.45, 2.75) is 13.0 Å². The molecule has 1 atom stereocenters. The van der Waals surface area contributed by atoms with E-state index in [1.54, 1.807) is 19.1 Å². The molecule has 5 nitrogen and oxygen atoms in total. The Balaban J connectivity index is 2.27. The van der Waals surface area contributed by atoms with Crippen molar-refractivity contribution >= 4 is 12.0 Å². The van der Waals surface area contributed by atoms with E-state index in [2.05, 4.69) is 0 Å². The zero-order valence-corrected chi connectivity index (χ0v) is 12.1. The molecule has 1 heterocycles. The van der Waals surface area contributed by atoms with Crippen LogP contribution in [-0.4, -0.2) is 44.2 Å². The Bertz CT molecular complexity index is 540. The highest BCUT2D eigenvalue weighted by Crippen LogP contribution is 2.35. The van der Waals surface area contributed by atoms with Gasteiger partial charge < -0.3 is 20.1 Å². The van der Waals surface area contributed by atoms with Crippen LogP contribution in [-0.2, 0) is 4.79 Å². The van der Waals surface area contributed by atoms with Crippen molar-refractivity contribution in [3.8, 4) is 11.5 Å². The predicted molar refractivity (Wildman–Crippen MR) is 77.8 cm³/mol. The maximum Gasteiger partial charge on any atom is 0.253 e. The highest BCUT2D eigenvalue weighted by atomic mass is 16.5. The lowest BCUT2D eigenvalue weighted by Crippen LogP contribution is -2.41. The molecule has 0 aromatic heterocycles. The van der Waals surface area contributed by atoms with Crippen LogP contribution in [0.2, 0.25) is 0 Å². The van der Waals surface area contributed by atoms with Gasteiger partial charge in [0.1, 0.15) is 6.61 Å². The lowest BCUT2D eigenvalue weighted by atomic mass is 10.1. The molecule has 1 aliphatic heterocycles. The Kier molecular flexibility index (Phi) is 4.29. The zero-order chi connectivity index (χ0) is 14.7. The first-order valence-electron chi connectivity index (χ1n) is 6.56. The molecular weight excluding hydrogens is 256 g/mol. The molecular formula is C15H20N2O3. The lowest BCUT2D eigenvalue weighted by Gasteiger charge is -2.27. The summed E-state index contributed by atoms with van der Waals surface area (Å²) in [5.74, 6) is 1.30. The minimum absolute atomic E-state index is 0.00453. The van der Waals surface area contributed by atoms with Gasteiger partial charge in [-0.1, -0.05) is 12.1 Å². The van der Waals surface area contributed by atoms with Crippen molar-refractivity contribution in [1.82, 2.24) is 4.90 Å². The number of para-hydroxylation sites is 1. The summed E-state index contributed by atoms with van der Waals surface area (Å²) in [7, 11) is 3.35. The second-order valence-corrected chi connectivity index (χ2v) is 4.84. The SMILES string of the molecule is COc1cccc2c1OCC(C(=O)N(C)C(C)CN)=C2. The number of hydrogen-bond acceptors (Lipinski definition) is 4. The molecule has 1 unspecified atom stereocenters. The van der Waals surface area contributed by atoms with Crippen molar-refractivity contribution < 1.29 is 14.3 Å². The summed E-state index contributed by atoms with van der Waals surface area (Å²) in [4.78, 5) is 14.0. The Labute approximate surface area is 119 Å². The topological polar surface area (TPSA) is 64.8 Å². The number of benzene rings is 1. The largest absolute Gasteiger partial charge is 0.493 e. The van der Waals surface area contributed by atoms with E-state index in [9.17, 15) is 4.79 Å². The molecule has 2 rings (SSSR count). The first-order valence-corrected chi connectivity index (χ1v) is 6.56. The normalized spacial score (nSPS) is 14.7. The number of methoxy groups -OCH3 is 1. The number of carbonyl (C=O) groups is 1. The molecule has 0 radical (unpaired) electrons. The average molecular weight is 276 g/mol. The van der Waals surface area contributed by atoms with Crippen LogP contribution >= 0.6 is 0 Å². The van der Waals surface area contributed by atoms with Gasteiger partial charge in [0.05, 0.1) is 12.7 Å². The molecule has 2 N–H and O–H groups in total. The van der Waals surface area contributed by atoms with Crippen LogP contribution in [0.3, 0.4) is 0 Å². The molecule has 20 heavy (non-hydrogen) atoms. The smallest absolute Gasteiger partial charge is 0.253 e. The average Bonchev–Trinajstić information content (AvgIpc) is 2.51. The Morgan fingerprint density at radius 2 is 2.30 bits per heavy atom. The number of likely N-dealkylation sites (N-methyl/N-ethyl adjacent to an activating group) is 1. The van der Waals surface area contributed by atoms with Crippen LogP contribution in [0.1, 0.15) is 12.5 Å². The summed E-state index contributed by atoms with van der Waals surface area (Å²) >= 11 is 0. The molecule has 0 fully saturated rings. The van der Waals surface area contributed by atoms with Crippen molar-refractivity contribution in [3.63, 3.8) is 0 Å². The fraction of sp³-hybridized carbons (Fsp3) is 0.400. The van der Waals surface area contributed by atoms with Crippen LogP contribution in [0.5, 0.6) is 11.5 Å². The Hall–Kier alpha value is -2.01. The first-order chi connectivity index (χ1) is 9.58. The molecule has 0 saturated heterocycles. The van der Waals surface area contributed by atoms with Crippen LogP contribution in [0.15, 0.2) is 23.8 Å². The van der Waals surface area contributed by atoms with Gasteiger partial charge in [0, 0.05) is 25.2 Å². The molecule has 108 valence electrons. The van der Waals surface area contributed by atoms with E-state index in [-0.39, 0.29) is 18.6 Å². The highest BCUT2D eigenvalue weighted by molar-refractivity contribution is 5.99. The number of carbonyl (C=O) groups excluding carboxylic acids is 1.